The minimum absolute atomic E-state index is 0.278. The van der Waals surface area contributed by atoms with Gasteiger partial charge in [0.25, 0.3) is 0 Å². The van der Waals surface area contributed by atoms with Crippen molar-refractivity contribution in [1.82, 2.24) is 0 Å². The number of nitrogens with zero attached hydrogens (tertiary/aromatic N) is 1. The smallest absolute Gasteiger partial charge is 0.323 e. The summed E-state index contributed by atoms with van der Waals surface area (Å²) < 4.78 is -0.619. The van der Waals surface area contributed by atoms with Gasteiger partial charge in [-0.25, -0.2) is 0 Å². The van der Waals surface area contributed by atoms with Crippen molar-refractivity contribution in [2.75, 3.05) is 17.2 Å². The third-order valence-electron chi connectivity index (χ3n) is 5.96. The lowest BCUT2D eigenvalue weighted by Crippen LogP contribution is -2.48. The molecular weight excluding hydrogens is 468 g/mol. The maximum atomic E-state index is 13.4. The third kappa shape index (κ3) is 5.51. The van der Waals surface area contributed by atoms with E-state index in [1.54, 1.807) is 36.0 Å². The Balaban J connectivity index is 1.71. The predicted molar refractivity (Wildman–Crippen MR) is 146 cm³/mol. The molecule has 4 aromatic carbocycles. The largest absolute Gasteiger partial charge is 0.480 e. The highest BCUT2D eigenvalue weighted by Gasteiger charge is 2.38. The van der Waals surface area contributed by atoms with Crippen molar-refractivity contribution in [2.45, 2.75) is 10.8 Å². The standard InChI is InChI=1S/C30H28N2O3S/c31-27(29(35)32(21-28(33)34)26-19-11-4-12-20-26)22-36-30(23-13-5-1-6-14-23,24-15-7-2-8-16-24)25-17-9-3-10-18-25/h1-20,27H,21-22,31H2,(H,33,34)/t27-/m0/s1. The summed E-state index contributed by atoms with van der Waals surface area (Å²) in [6, 6.07) is 38.3. The number of hydrogen-bond donors (Lipinski definition) is 2. The number of para-hydroxylation sites is 1. The first kappa shape index (κ1) is 25.2. The molecule has 0 aromatic heterocycles. The van der Waals surface area contributed by atoms with Crippen molar-refractivity contribution in [1.29, 1.82) is 0 Å². The molecule has 1 atom stereocenters. The number of carbonyl (C=O) groups excluding carboxylic acids is 1. The summed E-state index contributed by atoms with van der Waals surface area (Å²) in [7, 11) is 0. The average Bonchev–Trinajstić information content (AvgIpc) is 2.94. The number of carboxylic acids is 1. The van der Waals surface area contributed by atoms with Gasteiger partial charge in [-0.1, -0.05) is 109 Å². The molecule has 0 aliphatic heterocycles. The van der Waals surface area contributed by atoms with Gasteiger partial charge in [-0.3, -0.25) is 14.5 Å². The van der Waals surface area contributed by atoms with E-state index in [4.69, 9.17) is 5.73 Å². The first-order valence-electron chi connectivity index (χ1n) is 11.7. The summed E-state index contributed by atoms with van der Waals surface area (Å²) in [4.78, 5) is 26.2. The van der Waals surface area contributed by atoms with Gasteiger partial charge in [0.05, 0.1) is 10.8 Å². The summed E-state index contributed by atoms with van der Waals surface area (Å²) in [6.45, 7) is -0.456. The summed E-state index contributed by atoms with van der Waals surface area (Å²) in [5.74, 6) is -1.25. The molecule has 3 N–H and O–H groups in total. The van der Waals surface area contributed by atoms with Crippen LogP contribution in [0.3, 0.4) is 0 Å². The SMILES string of the molecule is N[C@@H](CSC(c1ccccc1)(c1ccccc1)c1ccccc1)C(=O)N(CC(=O)O)c1ccccc1. The van der Waals surface area contributed by atoms with Crippen LogP contribution in [-0.4, -0.2) is 35.3 Å². The van der Waals surface area contributed by atoms with Crippen LogP contribution >= 0.6 is 11.8 Å². The molecule has 0 aliphatic carbocycles. The van der Waals surface area contributed by atoms with Crippen LogP contribution in [-0.2, 0) is 14.3 Å². The maximum Gasteiger partial charge on any atom is 0.323 e. The number of benzene rings is 4. The first-order chi connectivity index (χ1) is 17.5. The van der Waals surface area contributed by atoms with Crippen LogP contribution < -0.4 is 10.6 Å². The third-order valence-corrected chi connectivity index (χ3v) is 7.63. The molecule has 0 saturated heterocycles. The summed E-state index contributed by atoms with van der Waals surface area (Å²) in [5.41, 5.74) is 10.2. The molecule has 36 heavy (non-hydrogen) atoms. The zero-order chi connectivity index (χ0) is 25.4. The number of nitrogens with two attached hydrogens (primary N) is 1. The summed E-state index contributed by atoms with van der Waals surface area (Å²) in [5, 5.41) is 9.44. The first-order valence-corrected chi connectivity index (χ1v) is 12.7. The predicted octanol–water partition coefficient (Wildman–Crippen LogP) is 5.16. The van der Waals surface area contributed by atoms with Crippen LogP contribution in [0.2, 0.25) is 0 Å². The van der Waals surface area contributed by atoms with E-state index in [-0.39, 0.29) is 5.75 Å². The molecule has 0 aliphatic rings. The number of carbonyl (C=O) groups is 2. The molecule has 0 radical (unpaired) electrons. The molecule has 0 saturated carbocycles. The Morgan fingerprint density at radius 1 is 0.722 bits per heavy atom. The molecule has 0 spiro atoms. The Hall–Kier alpha value is -3.87. The molecule has 6 heteroatoms. The van der Waals surface area contributed by atoms with Crippen LogP contribution in [0.15, 0.2) is 121 Å². The van der Waals surface area contributed by atoms with Crippen molar-refractivity contribution in [3.05, 3.63) is 138 Å². The van der Waals surface area contributed by atoms with Gasteiger partial charge in [0, 0.05) is 11.4 Å². The Labute approximate surface area is 215 Å². The van der Waals surface area contributed by atoms with Gasteiger partial charge in [-0.2, -0.15) is 0 Å². The normalized spacial score (nSPS) is 12.0. The molecule has 0 heterocycles. The van der Waals surface area contributed by atoms with Crippen molar-refractivity contribution in [2.24, 2.45) is 5.73 Å². The quantitative estimate of drug-likeness (QED) is 0.297. The van der Waals surface area contributed by atoms with E-state index < -0.39 is 29.2 Å². The lowest BCUT2D eigenvalue weighted by atomic mass is 9.84. The topological polar surface area (TPSA) is 83.6 Å². The second-order valence-corrected chi connectivity index (χ2v) is 9.58. The molecule has 0 bridgehead atoms. The van der Waals surface area contributed by atoms with E-state index in [2.05, 4.69) is 36.4 Å². The van der Waals surface area contributed by atoms with Crippen LogP contribution in [0.25, 0.3) is 0 Å². The zero-order valence-corrected chi connectivity index (χ0v) is 20.6. The van der Waals surface area contributed by atoms with Gasteiger partial charge < -0.3 is 10.8 Å². The fourth-order valence-electron chi connectivity index (χ4n) is 4.29. The number of carboxylic acid groups (broad SMARTS) is 1. The molecule has 1 amide bonds. The van der Waals surface area contributed by atoms with Gasteiger partial charge in [-0.15, -0.1) is 11.8 Å². The van der Waals surface area contributed by atoms with Crippen LogP contribution in [0.1, 0.15) is 16.7 Å². The highest BCUT2D eigenvalue weighted by atomic mass is 32.2. The molecule has 0 fully saturated rings. The van der Waals surface area contributed by atoms with Crippen molar-refractivity contribution >= 4 is 29.3 Å². The highest BCUT2D eigenvalue weighted by molar-refractivity contribution is 8.00. The molecule has 4 aromatic rings. The molecular formula is C30H28N2O3S. The Morgan fingerprint density at radius 2 is 1.11 bits per heavy atom. The highest BCUT2D eigenvalue weighted by Crippen LogP contribution is 2.48. The van der Waals surface area contributed by atoms with Crippen LogP contribution in [0.4, 0.5) is 5.69 Å². The fourth-order valence-corrected chi connectivity index (χ4v) is 5.77. The lowest BCUT2D eigenvalue weighted by Gasteiger charge is -2.36. The average molecular weight is 497 g/mol. The Morgan fingerprint density at radius 3 is 1.50 bits per heavy atom. The number of rotatable bonds is 10. The lowest BCUT2D eigenvalue weighted by molar-refractivity contribution is -0.136. The second kappa shape index (κ2) is 11.7. The van der Waals surface area contributed by atoms with Crippen LogP contribution in [0.5, 0.6) is 0 Å². The minimum atomic E-state index is -1.10. The summed E-state index contributed by atoms with van der Waals surface area (Å²) >= 11 is 1.58. The van der Waals surface area contributed by atoms with Gasteiger partial charge in [0.1, 0.15) is 6.54 Å². The van der Waals surface area contributed by atoms with E-state index in [0.717, 1.165) is 16.7 Å². The van der Waals surface area contributed by atoms with Crippen molar-refractivity contribution in [3.8, 4) is 0 Å². The number of anilines is 1. The molecule has 182 valence electrons. The van der Waals surface area contributed by atoms with Gasteiger partial charge in [0.2, 0.25) is 5.91 Å². The van der Waals surface area contributed by atoms with Crippen LogP contribution in [0, 0.1) is 0 Å². The van der Waals surface area contributed by atoms with Gasteiger partial charge in [0.15, 0.2) is 0 Å². The van der Waals surface area contributed by atoms with Gasteiger partial charge >= 0.3 is 5.97 Å². The van der Waals surface area contributed by atoms with Crippen molar-refractivity contribution in [3.63, 3.8) is 0 Å². The van der Waals surface area contributed by atoms with E-state index in [1.165, 1.54) is 4.90 Å². The Bertz CT molecular complexity index is 1170. The minimum Gasteiger partial charge on any atom is -0.480 e. The Kier molecular flexibility index (Phi) is 8.21. The van der Waals surface area contributed by atoms with E-state index >= 15 is 0 Å². The number of amides is 1. The van der Waals surface area contributed by atoms with E-state index in [1.807, 2.05) is 60.7 Å². The second-order valence-electron chi connectivity index (χ2n) is 8.35. The molecule has 0 unspecified atom stereocenters. The number of thioether (sulfide) groups is 1. The van der Waals surface area contributed by atoms with Crippen molar-refractivity contribution < 1.29 is 14.7 Å². The molecule has 4 rings (SSSR count). The van der Waals surface area contributed by atoms with E-state index in [0.29, 0.717) is 5.69 Å². The summed E-state index contributed by atoms with van der Waals surface area (Å²) in [6.07, 6.45) is 0. The fraction of sp³-hybridized carbons (Fsp3) is 0.133. The van der Waals surface area contributed by atoms with E-state index in [9.17, 15) is 14.7 Å². The maximum absolute atomic E-state index is 13.4. The number of hydrogen-bond acceptors (Lipinski definition) is 4. The zero-order valence-electron chi connectivity index (χ0n) is 19.7. The number of aliphatic carboxylic acids is 1. The monoisotopic (exact) mass is 496 g/mol. The molecule has 5 nitrogen and oxygen atoms in total. The van der Waals surface area contributed by atoms with Gasteiger partial charge in [-0.05, 0) is 28.8 Å².